The molecule has 0 aromatic heterocycles. The molecule has 1 heterocycles. The van der Waals surface area contributed by atoms with Crippen LogP contribution in [0.15, 0.2) is 4.47 Å². The summed E-state index contributed by atoms with van der Waals surface area (Å²) in [7, 11) is 0. The van der Waals surface area contributed by atoms with Gasteiger partial charge in [-0.05, 0) is 22.4 Å². The summed E-state index contributed by atoms with van der Waals surface area (Å²) in [6.45, 7) is 0.757. The third-order valence-electron chi connectivity index (χ3n) is 2.47. The van der Waals surface area contributed by atoms with Gasteiger partial charge < -0.3 is 9.64 Å². The van der Waals surface area contributed by atoms with Crippen molar-refractivity contribution in [1.29, 1.82) is 0 Å². The summed E-state index contributed by atoms with van der Waals surface area (Å²) in [5, 5.41) is 0. The minimum Gasteiger partial charge on any atom is -0.404 e. The lowest BCUT2D eigenvalue weighted by Crippen LogP contribution is -2.43. The van der Waals surface area contributed by atoms with Gasteiger partial charge in [-0.2, -0.15) is 8.78 Å². The Bertz CT molecular complexity index is 490. The maximum absolute atomic E-state index is 13.3. The first-order valence-corrected chi connectivity index (χ1v) is 5.71. The summed E-state index contributed by atoms with van der Waals surface area (Å²) in [5.41, 5.74) is 0. The Kier molecular flexibility index (Phi) is 3.47. The van der Waals surface area contributed by atoms with Crippen LogP contribution in [0.1, 0.15) is 6.42 Å². The van der Waals surface area contributed by atoms with Crippen LogP contribution in [-0.2, 0) is 0 Å². The quantitative estimate of drug-likeness (QED) is 0.450. The highest BCUT2D eigenvalue weighted by atomic mass is 79.9. The van der Waals surface area contributed by atoms with Crippen LogP contribution in [-0.4, -0.2) is 24.1 Å². The lowest BCUT2D eigenvalue weighted by Gasteiger charge is -2.29. The van der Waals surface area contributed by atoms with E-state index in [-0.39, 0.29) is 0 Å². The predicted octanol–water partition coefficient (Wildman–Crippen LogP) is 3.21. The molecule has 0 radical (unpaired) electrons. The Morgan fingerprint density at radius 2 is 1.56 bits per heavy atom. The molecule has 1 aromatic carbocycles. The topological polar surface area (TPSA) is 29.5 Å². The number of likely N-dealkylation sites (tertiary alicyclic amines) is 1. The molecule has 1 amide bonds. The van der Waals surface area contributed by atoms with Gasteiger partial charge in [0, 0.05) is 13.1 Å². The predicted molar refractivity (Wildman–Crippen MR) is 56.2 cm³/mol. The summed E-state index contributed by atoms with van der Waals surface area (Å²) in [4.78, 5) is 12.5. The highest BCUT2D eigenvalue weighted by molar-refractivity contribution is 9.10. The standard InChI is InChI=1S/C10H6BrF4NO2/c11-4-5(12)7(14)9(8(15)6(4)13)18-10(17)16-2-1-3-16/h1-3H2. The van der Waals surface area contributed by atoms with Gasteiger partial charge in [0.25, 0.3) is 0 Å². The van der Waals surface area contributed by atoms with E-state index in [4.69, 9.17) is 0 Å². The van der Waals surface area contributed by atoms with Crippen molar-refractivity contribution in [2.24, 2.45) is 0 Å². The van der Waals surface area contributed by atoms with E-state index in [1.165, 1.54) is 0 Å². The average Bonchev–Trinajstić information content (AvgIpc) is 2.27. The molecule has 3 nitrogen and oxygen atoms in total. The van der Waals surface area contributed by atoms with E-state index >= 15 is 0 Å². The van der Waals surface area contributed by atoms with E-state index < -0.39 is 39.6 Å². The van der Waals surface area contributed by atoms with Crippen LogP contribution in [0, 0.1) is 23.3 Å². The first-order chi connectivity index (χ1) is 8.43. The van der Waals surface area contributed by atoms with Crippen LogP contribution >= 0.6 is 15.9 Å². The van der Waals surface area contributed by atoms with Gasteiger partial charge in [-0.1, -0.05) is 0 Å². The van der Waals surface area contributed by atoms with Crippen molar-refractivity contribution in [2.75, 3.05) is 13.1 Å². The third kappa shape index (κ3) is 2.05. The SMILES string of the molecule is O=C(Oc1c(F)c(F)c(Br)c(F)c1F)N1CCC1. The number of benzene rings is 1. The molecule has 1 aliphatic rings. The summed E-state index contributed by atoms with van der Waals surface area (Å²) in [5.74, 6) is -8.19. The molecule has 1 aromatic rings. The van der Waals surface area contributed by atoms with Crippen LogP contribution in [0.4, 0.5) is 22.4 Å². The van der Waals surface area contributed by atoms with Gasteiger partial charge in [0.05, 0.1) is 4.47 Å². The first kappa shape index (κ1) is 13.1. The van der Waals surface area contributed by atoms with Gasteiger partial charge in [0.1, 0.15) is 0 Å². The van der Waals surface area contributed by atoms with E-state index in [1.807, 2.05) is 0 Å². The lowest BCUT2D eigenvalue weighted by molar-refractivity contribution is 0.121. The van der Waals surface area contributed by atoms with Crippen LogP contribution < -0.4 is 4.74 Å². The van der Waals surface area contributed by atoms with Crippen molar-refractivity contribution in [2.45, 2.75) is 6.42 Å². The molecule has 0 unspecified atom stereocenters. The van der Waals surface area contributed by atoms with Gasteiger partial charge in [0.15, 0.2) is 11.6 Å². The molecule has 8 heteroatoms. The summed E-state index contributed by atoms with van der Waals surface area (Å²) in [6.07, 6.45) is -0.302. The second kappa shape index (κ2) is 4.75. The highest BCUT2D eigenvalue weighted by Gasteiger charge is 2.30. The Labute approximate surface area is 107 Å². The van der Waals surface area contributed by atoms with E-state index in [9.17, 15) is 22.4 Å². The van der Waals surface area contributed by atoms with Crippen molar-refractivity contribution < 1.29 is 27.1 Å². The van der Waals surface area contributed by atoms with Crippen LogP contribution in [0.2, 0.25) is 0 Å². The molecular weight excluding hydrogens is 322 g/mol. The van der Waals surface area contributed by atoms with Gasteiger partial charge in [-0.3, -0.25) is 0 Å². The molecule has 18 heavy (non-hydrogen) atoms. The highest BCUT2D eigenvalue weighted by Crippen LogP contribution is 2.33. The van der Waals surface area contributed by atoms with E-state index in [1.54, 1.807) is 0 Å². The fourth-order valence-corrected chi connectivity index (χ4v) is 1.67. The third-order valence-corrected chi connectivity index (χ3v) is 3.17. The number of rotatable bonds is 1. The Hall–Kier alpha value is -1.31. The molecule has 1 saturated heterocycles. The fraction of sp³-hybridized carbons (Fsp3) is 0.300. The van der Waals surface area contributed by atoms with Crippen molar-refractivity contribution in [3.8, 4) is 5.75 Å². The van der Waals surface area contributed by atoms with Crippen molar-refractivity contribution in [3.05, 3.63) is 27.7 Å². The van der Waals surface area contributed by atoms with Gasteiger partial charge >= 0.3 is 6.09 Å². The molecule has 98 valence electrons. The number of ether oxygens (including phenoxy) is 1. The van der Waals surface area contributed by atoms with Crippen molar-refractivity contribution in [1.82, 2.24) is 4.90 Å². The number of carbonyl (C=O) groups is 1. The minimum absolute atomic E-state index is 0.379. The fourth-order valence-electron chi connectivity index (χ4n) is 1.33. The molecule has 0 N–H and O–H groups in total. The Morgan fingerprint density at radius 3 is 1.94 bits per heavy atom. The lowest BCUT2D eigenvalue weighted by atomic mass is 10.2. The molecule has 2 rings (SSSR count). The van der Waals surface area contributed by atoms with E-state index in [0.717, 1.165) is 11.3 Å². The molecule has 0 bridgehead atoms. The van der Waals surface area contributed by atoms with Gasteiger partial charge in [0.2, 0.25) is 17.4 Å². The molecule has 0 saturated carbocycles. The second-order valence-corrected chi connectivity index (χ2v) is 4.40. The first-order valence-electron chi connectivity index (χ1n) is 4.91. The molecule has 1 aliphatic heterocycles. The molecular formula is C10H6BrF4NO2. The Balaban J connectivity index is 2.35. The van der Waals surface area contributed by atoms with E-state index in [0.29, 0.717) is 13.1 Å². The van der Waals surface area contributed by atoms with Crippen molar-refractivity contribution >= 4 is 22.0 Å². The number of hydrogen-bond acceptors (Lipinski definition) is 2. The number of halogens is 5. The van der Waals surface area contributed by atoms with Gasteiger partial charge in [-0.15, -0.1) is 0 Å². The minimum atomic E-state index is -1.75. The zero-order valence-electron chi connectivity index (χ0n) is 8.77. The molecule has 0 atom stereocenters. The number of amides is 1. The zero-order chi connectivity index (χ0) is 13.4. The van der Waals surface area contributed by atoms with E-state index in [2.05, 4.69) is 20.7 Å². The maximum atomic E-state index is 13.3. The average molecular weight is 328 g/mol. The molecule has 1 fully saturated rings. The zero-order valence-corrected chi connectivity index (χ0v) is 10.4. The summed E-state index contributed by atoms with van der Waals surface area (Å²) < 4.78 is 56.3. The largest absolute Gasteiger partial charge is 0.415 e. The van der Waals surface area contributed by atoms with Crippen LogP contribution in [0.25, 0.3) is 0 Å². The van der Waals surface area contributed by atoms with Crippen LogP contribution in [0.5, 0.6) is 5.75 Å². The normalized spacial score (nSPS) is 14.4. The van der Waals surface area contributed by atoms with Crippen LogP contribution in [0.3, 0.4) is 0 Å². The smallest absolute Gasteiger partial charge is 0.404 e. The summed E-state index contributed by atoms with van der Waals surface area (Å²) in [6, 6.07) is 0. The maximum Gasteiger partial charge on any atom is 0.415 e. The number of hydrogen-bond donors (Lipinski definition) is 0. The molecule has 0 spiro atoms. The number of carbonyl (C=O) groups excluding carboxylic acids is 1. The monoisotopic (exact) mass is 327 g/mol. The summed E-state index contributed by atoms with van der Waals surface area (Å²) >= 11 is 2.35. The second-order valence-electron chi connectivity index (χ2n) is 3.61. The van der Waals surface area contributed by atoms with Crippen molar-refractivity contribution in [3.63, 3.8) is 0 Å². The number of nitrogens with zero attached hydrogens (tertiary/aromatic N) is 1. The van der Waals surface area contributed by atoms with Gasteiger partial charge in [-0.25, -0.2) is 13.6 Å². The molecule has 0 aliphatic carbocycles. The Morgan fingerprint density at radius 1 is 1.06 bits per heavy atom.